The van der Waals surface area contributed by atoms with Crippen LogP contribution in [-0.4, -0.2) is 16.4 Å². The first kappa shape index (κ1) is 9.85. The van der Waals surface area contributed by atoms with Crippen molar-refractivity contribution in [3.8, 4) is 5.75 Å². The number of rotatable bonds is 2. The summed E-state index contributed by atoms with van der Waals surface area (Å²) in [6, 6.07) is 0. The Hall–Kier alpha value is -1.23. The minimum Gasteiger partial charge on any atom is -0.505 e. The number of carbonyl (C=O) groups is 1. The lowest BCUT2D eigenvalue weighted by Crippen LogP contribution is -1.95. The fourth-order valence-electron chi connectivity index (χ4n) is 0.802. The smallest absolute Gasteiger partial charge is 0.268 e. The molecule has 0 fully saturated rings. The summed E-state index contributed by atoms with van der Waals surface area (Å²) in [6.45, 7) is 0. The number of hydrogen-bond donors (Lipinski definition) is 1. The second kappa shape index (κ2) is 3.66. The second-order valence-electron chi connectivity index (χ2n) is 2.17. The molecule has 1 aromatic heterocycles. The molecular weight excluding hydrogens is 204 g/mol. The van der Waals surface area contributed by atoms with Crippen molar-refractivity contribution in [1.82, 2.24) is 4.98 Å². The van der Waals surface area contributed by atoms with E-state index in [4.69, 9.17) is 16.7 Å². The van der Waals surface area contributed by atoms with Crippen molar-refractivity contribution >= 4 is 17.9 Å². The molecule has 0 amide bonds. The summed E-state index contributed by atoms with van der Waals surface area (Å²) in [6.07, 6.45) is -1.86. The molecule has 70 valence electrons. The Labute approximate surface area is 77.0 Å². The van der Waals surface area contributed by atoms with Gasteiger partial charge in [0.05, 0.1) is 10.6 Å². The van der Waals surface area contributed by atoms with E-state index in [-0.39, 0.29) is 11.3 Å². The van der Waals surface area contributed by atoms with Crippen molar-refractivity contribution in [2.75, 3.05) is 0 Å². The topological polar surface area (TPSA) is 50.2 Å². The van der Waals surface area contributed by atoms with Gasteiger partial charge in [0.1, 0.15) is 5.69 Å². The van der Waals surface area contributed by atoms with E-state index in [1.807, 2.05) is 0 Å². The molecule has 0 aromatic carbocycles. The van der Waals surface area contributed by atoms with Gasteiger partial charge in [-0.15, -0.1) is 0 Å². The molecule has 0 saturated heterocycles. The largest absolute Gasteiger partial charge is 0.505 e. The maximum atomic E-state index is 12.2. The molecule has 0 unspecified atom stereocenters. The number of nitrogens with zero attached hydrogens (tertiary/aromatic N) is 1. The number of aromatic nitrogens is 1. The summed E-state index contributed by atoms with van der Waals surface area (Å²) in [5.41, 5.74) is -1.21. The van der Waals surface area contributed by atoms with Gasteiger partial charge < -0.3 is 5.11 Å². The molecule has 0 spiro atoms. The minimum absolute atomic E-state index is 0.178. The Morgan fingerprint density at radius 3 is 2.69 bits per heavy atom. The van der Waals surface area contributed by atoms with Crippen molar-refractivity contribution in [3.63, 3.8) is 0 Å². The van der Waals surface area contributed by atoms with Gasteiger partial charge in [-0.3, -0.25) is 4.79 Å². The van der Waals surface area contributed by atoms with Gasteiger partial charge in [0.2, 0.25) is 0 Å². The highest BCUT2D eigenvalue weighted by Gasteiger charge is 2.20. The molecule has 13 heavy (non-hydrogen) atoms. The molecular formula is C7H4ClF2NO2. The average Bonchev–Trinajstić information content (AvgIpc) is 2.04. The maximum Gasteiger partial charge on any atom is 0.268 e. The lowest BCUT2D eigenvalue weighted by Gasteiger charge is -2.05. The first-order valence-corrected chi connectivity index (χ1v) is 3.56. The predicted molar refractivity (Wildman–Crippen MR) is 41.3 cm³/mol. The third-order valence-electron chi connectivity index (χ3n) is 1.40. The third kappa shape index (κ3) is 1.75. The van der Waals surface area contributed by atoms with Crippen LogP contribution in [0.15, 0.2) is 6.20 Å². The van der Waals surface area contributed by atoms with Crippen LogP contribution in [-0.2, 0) is 0 Å². The molecule has 0 aliphatic carbocycles. The second-order valence-corrected chi connectivity index (χ2v) is 2.58. The zero-order chi connectivity index (χ0) is 10.0. The number of pyridine rings is 1. The zero-order valence-electron chi connectivity index (χ0n) is 6.17. The summed E-state index contributed by atoms with van der Waals surface area (Å²) >= 11 is 5.34. The Morgan fingerprint density at radius 2 is 2.23 bits per heavy atom. The van der Waals surface area contributed by atoms with Crippen LogP contribution in [0.4, 0.5) is 8.78 Å². The lowest BCUT2D eigenvalue weighted by atomic mass is 10.2. The van der Waals surface area contributed by atoms with Gasteiger partial charge in [-0.1, -0.05) is 11.6 Å². The van der Waals surface area contributed by atoms with Crippen LogP contribution in [0.25, 0.3) is 0 Å². The molecule has 1 heterocycles. The van der Waals surface area contributed by atoms with Gasteiger partial charge >= 0.3 is 0 Å². The Balaban J connectivity index is 3.38. The van der Waals surface area contributed by atoms with Crippen LogP contribution in [0.3, 0.4) is 0 Å². The molecule has 6 heteroatoms. The molecule has 0 saturated carbocycles. The summed E-state index contributed by atoms with van der Waals surface area (Å²) < 4.78 is 24.4. The maximum absolute atomic E-state index is 12.2. The highest BCUT2D eigenvalue weighted by atomic mass is 35.5. The number of aldehydes is 1. The monoisotopic (exact) mass is 207 g/mol. The van der Waals surface area contributed by atoms with Crippen LogP contribution in [0, 0.1) is 0 Å². The number of halogens is 3. The Kier molecular flexibility index (Phi) is 2.77. The third-order valence-corrected chi connectivity index (χ3v) is 1.70. The van der Waals surface area contributed by atoms with Crippen LogP contribution in [0.1, 0.15) is 22.5 Å². The lowest BCUT2D eigenvalue weighted by molar-refractivity contribution is 0.111. The van der Waals surface area contributed by atoms with Gasteiger partial charge in [0.25, 0.3) is 6.43 Å². The van der Waals surface area contributed by atoms with E-state index in [1.54, 1.807) is 0 Å². The van der Waals surface area contributed by atoms with Crippen molar-refractivity contribution in [3.05, 3.63) is 22.5 Å². The van der Waals surface area contributed by atoms with Crippen LogP contribution >= 0.6 is 11.6 Å². The van der Waals surface area contributed by atoms with Crippen molar-refractivity contribution in [2.24, 2.45) is 0 Å². The van der Waals surface area contributed by atoms with E-state index in [0.717, 1.165) is 6.20 Å². The molecule has 0 aliphatic rings. The first-order valence-electron chi connectivity index (χ1n) is 3.18. The molecule has 1 aromatic rings. The van der Waals surface area contributed by atoms with Gasteiger partial charge in [0, 0.05) is 6.20 Å². The minimum atomic E-state index is -2.94. The van der Waals surface area contributed by atoms with Gasteiger partial charge in [-0.05, 0) is 0 Å². The quantitative estimate of drug-likeness (QED) is 0.757. The highest BCUT2D eigenvalue weighted by Crippen LogP contribution is 2.34. The van der Waals surface area contributed by atoms with Crippen LogP contribution in [0.2, 0.25) is 5.02 Å². The van der Waals surface area contributed by atoms with E-state index in [9.17, 15) is 13.6 Å². The molecule has 3 nitrogen and oxygen atoms in total. The molecule has 1 rings (SSSR count). The van der Waals surface area contributed by atoms with E-state index in [1.165, 1.54) is 0 Å². The normalized spacial score (nSPS) is 10.5. The van der Waals surface area contributed by atoms with Gasteiger partial charge in [-0.25, -0.2) is 13.8 Å². The summed E-state index contributed by atoms with van der Waals surface area (Å²) in [4.78, 5) is 13.6. The number of aromatic hydroxyl groups is 1. The van der Waals surface area contributed by atoms with Crippen molar-refractivity contribution in [1.29, 1.82) is 0 Å². The SMILES string of the molecule is O=Cc1ncc(Cl)c(C(F)F)c1O. The zero-order valence-corrected chi connectivity index (χ0v) is 6.92. The highest BCUT2D eigenvalue weighted by molar-refractivity contribution is 6.31. The van der Waals surface area contributed by atoms with Gasteiger partial charge in [-0.2, -0.15) is 0 Å². The van der Waals surface area contributed by atoms with Crippen molar-refractivity contribution < 1.29 is 18.7 Å². The summed E-state index contributed by atoms with van der Waals surface area (Å²) in [7, 11) is 0. The first-order chi connectivity index (χ1) is 6.07. The predicted octanol–water partition coefficient (Wildman–Crippen LogP) is 2.19. The van der Waals surface area contributed by atoms with Crippen LogP contribution < -0.4 is 0 Å². The van der Waals surface area contributed by atoms with E-state index in [0.29, 0.717) is 0 Å². The summed E-state index contributed by atoms with van der Waals surface area (Å²) in [5.74, 6) is -0.863. The van der Waals surface area contributed by atoms with Gasteiger partial charge in [0.15, 0.2) is 12.0 Å². The number of carbonyl (C=O) groups excluding carboxylic acids is 1. The Morgan fingerprint density at radius 1 is 1.62 bits per heavy atom. The Bertz CT molecular complexity index is 344. The molecule has 0 atom stereocenters. The molecule has 0 bridgehead atoms. The fourth-order valence-corrected chi connectivity index (χ4v) is 1.02. The van der Waals surface area contributed by atoms with Crippen LogP contribution in [0.5, 0.6) is 5.75 Å². The van der Waals surface area contributed by atoms with Crippen molar-refractivity contribution in [2.45, 2.75) is 6.43 Å². The average molecular weight is 208 g/mol. The van der Waals surface area contributed by atoms with E-state index in [2.05, 4.69) is 4.98 Å². The van der Waals surface area contributed by atoms with E-state index < -0.39 is 23.4 Å². The summed E-state index contributed by atoms with van der Waals surface area (Å²) in [5, 5.41) is 8.72. The molecule has 1 N–H and O–H groups in total. The number of hydrogen-bond acceptors (Lipinski definition) is 3. The fraction of sp³-hybridized carbons (Fsp3) is 0.143. The molecule has 0 aliphatic heterocycles. The molecule has 0 radical (unpaired) electrons. The number of alkyl halides is 2. The van der Waals surface area contributed by atoms with E-state index >= 15 is 0 Å². The standard InChI is InChI=1S/C7H4ClF2NO2/c8-3-1-11-4(2-12)6(13)5(3)7(9)10/h1-2,7,13H.